The third kappa shape index (κ3) is 4.73. The minimum atomic E-state index is -0.603. The number of aromatic amines is 1. The van der Waals surface area contributed by atoms with Gasteiger partial charge in [-0.2, -0.15) is 0 Å². The summed E-state index contributed by atoms with van der Waals surface area (Å²) in [4.78, 5) is 42.0. The number of carbonyl (C=O) groups excluding carboxylic acids is 2. The van der Waals surface area contributed by atoms with Gasteiger partial charge < -0.3 is 21.1 Å². The van der Waals surface area contributed by atoms with E-state index in [4.69, 9.17) is 10.5 Å². The monoisotopic (exact) mass is 363 g/mol. The summed E-state index contributed by atoms with van der Waals surface area (Å²) in [5.41, 5.74) is 5.33. The molecule has 1 heterocycles. The van der Waals surface area contributed by atoms with Gasteiger partial charge in [0, 0.05) is 12.6 Å². The molecule has 1 aromatic carbocycles. The first-order chi connectivity index (χ1) is 11.9. The molecule has 0 aliphatic carbocycles. The molecule has 1 aromatic heterocycles. The number of nitrogens with two attached hydrogens (primary N) is 1. The maximum Gasteiger partial charge on any atom is 0.277 e. The minimum Gasteiger partial charge on any atom is -0.497 e. The fourth-order valence-corrected chi connectivity index (χ4v) is 2.53. The van der Waals surface area contributed by atoms with Crippen LogP contribution in [-0.4, -0.2) is 41.7 Å². The van der Waals surface area contributed by atoms with Crippen LogP contribution in [0, 0.1) is 0 Å². The smallest absolute Gasteiger partial charge is 0.277 e. The Labute approximate surface area is 147 Å². The highest BCUT2D eigenvalue weighted by molar-refractivity contribution is 7.99. The standard InChI is InChI=1S/C15H17N5O4S/c1-17-10(21)7-25-15-19-12(16)11(14(23)20-15)18-13(22)8-3-5-9(24-2)6-4-8/h3-6H,7H2,1-2H3,(H,17,21)(H,18,22)(H3,16,19,20,23). The van der Waals surface area contributed by atoms with E-state index in [1.165, 1.54) is 14.2 Å². The number of hydrogen-bond acceptors (Lipinski definition) is 7. The first-order valence-electron chi connectivity index (χ1n) is 7.13. The van der Waals surface area contributed by atoms with E-state index in [9.17, 15) is 14.4 Å². The lowest BCUT2D eigenvalue weighted by molar-refractivity contribution is -0.118. The quantitative estimate of drug-likeness (QED) is 0.431. The largest absolute Gasteiger partial charge is 0.497 e. The van der Waals surface area contributed by atoms with E-state index in [-0.39, 0.29) is 28.3 Å². The molecule has 9 nitrogen and oxygen atoms in total. The average molecular weight is 363 g/mol. The lowest BCUT2D eigenvalue weighted by Crippen LogP contribution is -2.24. The van der Waals surface area contributed by atoms with Crippen molar-refractivity contribution in [3.63, 3.8) is 0 Å². The van der Waals surface area contributed by atoms with Gasteiger partial charge in [0.15, 0.2) is 11.0 Å². The van der Waals surface area contributed by atoms with Gasteiger partial charge in [-0.1, -0.05) is 11.8 Å². The van der Waals surface area contributed by atoms with Crippen LogP contribution in [0.25, 0.3) is 0 Å². The highest BCUT2D eigenvalue weighted by Crippen LogP contribution is 2.18. The van der Waals surface area contributed by atoms with Crippen LogP contribution in [0.4, 0.5) is 11.5 Å². The minimum absolute atomic E-state index is 0.0798. The normalized spacial score (nSPS) is 10.2. The molecule has 5 N–H and O–H groups in total. The number of nitrogens with one attached hydrogen (secondary N) is 3. The van der Waals surface area contributed by atoms with Crippen molar-refractivity contribution in [1.29, 1.82) is 0 Å². The Morgan fingerprint density at radius 3 is 2.56 bits per heavy atom. The Bertz CT molecular complexity index is 835. The van der Waals surface area contributed by atoms with E-state index in [1.807, 2.05) is 0 Å². The Kier molecular flexibility index (Phi) is 6.01. The van der Waals surface area contributed by atoms with Crippen molar-refractivity contribution in [1.82, 2.24) is 15.3 Å². The van der Waals surface area contributed by atoms with Gasteiger partial charge in [-0.3, -0.25) is 19.4 Å². The lowest BCUT2D eigenvalue weighted by atomic mass is 10.2. The maximum atomic E-state index is 12.2. The number of carbonyl (C=O) groups is 2. The summed E-state index contributed by atoms with van der Waals surface area (Å²) in [5, 5.41) is 5.08. The number of nitrogen functional groups attached to an aromatic ring is 1. The van der Waals surface area contributed by atoms with E-state index >= 15 is 0 Å². The van der Waals surface area contributed by atoms with Crippen LogP contribution in [0.3, 0.4) is 0 Å². The van der Waals surface area contributed by atoms with Crippen LogP contribution >= 0.6 is 11.8 Å². The molecule has 0 spiro atoms. The molecule has 0 atom stereocenters. The number of anilines is 2. The van der Waals surface area contributed by atoms with Crippen LogP contribution in [0.15, 0.2) is 34.2 Å². The number of amides is 2. The molecule has 0 aliphatic rings. The highest BCUT2D eigenvalue weighted by atomic mass is 32.2. The van der Waals surface area contributed by atoms with Crippen LogP contribution in [0.2, 0.25) is 0 Å². The topological polar surface area (TPSA) is 139 Å². The van der Waals surface area contributed by atoms with E-state index in [0.29, 0.717) is 11.3 Å². The number of rotatable bonds is 6. The number of benzene rings is 1. The summed E-state index contributed by atoms with van der Waals surface area (Å²) in [6.45, 7) is 0. The molecule has 0 unspecified atom stereocenters. The van der Waals surface area contributed by atoms with E-state index < -0.39 is 11.5 Å². The van der Waals surface area contributed by atoms with Crippen molar-refractivity contribution in [3.05, 3.63) is 40.2 Å². The van der Waals surface area contributed by atoms with Crippen molar-refractivity contribution in [3.8, 4) is 5.75 Å². The summed E-state index contributed by atoms with van der Waals surface area (Å²) < 4.78 is 5.02. The van der Waals surface area contributed by atoms with E-state index in [0.717, 1.165) is 11.8 Å². The summed E-state index contributed by atoms with van der Waals surface area (Å²) in [6, 6.07) is 6.36. The number of methoxy groups -OCH3 is 1. The first-order valence-corrected chi connectivity index (χ1v) is 8.11. The van der Waals surface area contributed by atoms with Crippen LogP contribution in [0.5, 0.6) is 5.75 Å². The Balaban J connectivity index is 2.14. The lowest BCUT2D eigenvalue weighted by Gasteiger charge is -2.08. The summed E-state index contributed by atoms with van der Waals surface area (Å²) in [7, 11) is 3.02. The molecule has 0 fully saturated rings. The summed E-state index contributed by atoms with van der Waals surface area (Å²) in [6.07, 6.45) is 0. The third-order valence-electron chi connectivity index (χ3n) is 3.14. The molecule has 0 saturated carbocycles. The van der Waals surface area contributed by atoms with Crippen molar-refractivity contribution in [2.24, 2.45) is 0 Å². The van der Waals surface area contributed by atoms with Gasteiger partial charge in [0.25, 0.3) is 11.5 Å². The maximum absolute atomic E-state index is 12.2. The predicted octanol–water partition coefficient (Wildman–Crippen LogP) is 0.451. The molecular formula is C15H17N5O4S. The molecule has 0 radical (unpaired) electrons. The van der Waals surface area contributed by atoms with E-state index in [1.54, 1.807) is 24.3 Å². The van der Waals surface area contributed by atoms with Crippen LogP contribution in [-0.2, 0) is 4.79 Å². The van der Waals surface area contributed by atoms with E-state index in [2.05, 4.69) is 20.6 Å². The number of thioether (sulfide) groups is 1. The summed E-state index contributed by atoms with van der Waals surface area (Å²) in [5.74, 6) is -0.176. The van der Waals surface area contributed by atoms with Crippen molar-refractivity contribution < 1.29 is 14.3 Å². The van der Waals surface area contributed by atoms with Gasteiger partial charge in [0.05, 0.1) is 12.9 Å². The van der Waals surface area contributed by atoms with Gasteiger partial charge in [0.1, 0.15) is 11.4 Å². The van der Waals surface area contributed by atoms with Crippen molar-refractivity contribution in [2.45, 2.75) is 5.16 Å². The molecule has 2 aromatic rings. The fraction of sp³-hybridized carbons (Fsp3) is 0.200. The molecule has 2 rings (SSSR count). The number of aromatic nitrogens is 2. The SMILES string of the molecule is CNC(=O)CSc1nc(N)c(NC(=O)c2ccc(OC)cc2)c(=O)[nH]1. The molecule has 25 heavy (non-hydrogen) atoms. The van der Waals surface area contributed by atoms with Crippen LogP contribution < -0.4 is 26.7 Å². The number of nitrogens with zero attached hydrogens (tertiary/aromatic N) is 1. The van der Waals surface area contributed by atoms with Gasteiger partial charge in [-0.05, 0) is 24.3 Å². The molecule has 0 bridgehead atoms. The van der Waals surface area contributed by atoms with Gasteiger partial charge >= 0.3 is 0 Å². The van der Waals surface area contributed by atoms with Gasteiger partial charge in [-0.15, -0.1) is 0 Å². The molecule has 132 valence electrons. The zero-order valence-electron chi connectivity index (χ0n) is 13.6. The molecule has 10 heteroatoms. The fourth-order valence-electron chi connectivity index (χ4n) is 1.79. The highest BCUT2D eigenvalue weighted by Gasteiger charge is 2.14. The Morgan fingerprint density at radius 2 is 2.00 bits per heavy atom. The molecule has 2 amide bonds. The zero-order valence-corrected chi connectivity index (χ0v) is 14.4. The summed E-state index contributed by atoms with van der Waals surface area (Å²) >= 11 is 1.02. The average Bonchev–Trinajstić information content (AvgIpc) is 2.62. The third-order valence-corrected chi connectivity index (χ3v) is 4.01. The second kappa shape index (κ2) is 8.20. The Morgan fingerprint density at radius 1 is 1.32 bits per heavy atom. The second-order valence-electron chi connectivity index (χ2n) is 4.78. The number of hydrogen-bond donors (Lipinski definition) is 4. The second-order valence-corrected chi connectivity index (χ2v) is 5.74. The van der Waals surface area contributed by atoms with Crippen molar-refractivity contribution >= 4 is 35.1 Å². The number of ether oxygens (including phenoxy) is 1. The first kappa shape index (κ1) is 18.3. The molecule has 0 saturated heterocycles. The molecular weight excluding hydrogens is 346 g/mol. The Hall–Kier alpha value is -3.01. The van der Waals surface area contributed by atoms with Crippen LogP contribution in [0.1, 0.15) is 10.4 Å². The number of H-pyrrole nitrogens is 1. The predicted molar refractivity (Wildman–Crippen MR) is 95.0 cm³/mol. The van der Waals surface area contributed by atoms with Gasteiger partial charge in [-0.25, -0.2) is 4.98 Å². The zero-order chi connectivity index (χ0) is 18.4. The van der Waals surface area contributed by atoms with Crippen molar-refractivity contribution in [2.75, 3.05) is 31.0 Å². The van der Waals surface area contributed by atoms with Gasteiger partial charge in [0.2, 0.25) is 5.91 Å². The molecule has 0 aliphatic heterocycles.